The number of fused-ring (bicyclic) bond motifs is 5. The first-order valence-electron chi connectivity index (χ1n) is 11.6. The van der Waals surface area contributed by atoms with Crippen LogP contribution in [0.1, 0.15) is 98.3 Å². The molecule has 8 unspecified atom stereocenters. The van der Waals surface area contributed by atoms with E-state index in [0.717, 1.165) is 24.7 Å². The minimum Gasteiger partial charge on any atom is -0.171 e. The second kappa shape index (κ2) is 6.39. The van der Waals surface area contributed by atoms with Crippen LogP contribution in [0.3, 0.4) is 0 Å². The molecule has 0 aromatic rings. The molecule has 4 aliphatic rings. The molecule has 0 aliphatic heterocycles. The summed E-state index contributed by atoms with van der Waals surface area (Å²) in [5.74, 6) is 1.50. The van der Waals surface area contributed by atoms with Gasteiger partial charge in [0.25, 0.3) is 0 Å². The van der Waals surface area contributed by atoms with Crippen molar-refractivity contribution in [1.29, 1.82) is 0 Å². The van der Waals surface area contributed by atoms with Crippen molar-refractivity contribution in [3.05, 3.63) is 0 Å². The van der Waals surface area contributed by atoms with Gasteiger partial charge in [-0.2, -0.15) is 13.2 Å². The second-order valence-electron chi connectivity index (χ2n) is 11.4. The van der Waals surface area contributed by atoms with E-state index >= 15 is 0 Å². The third kappa shape index (κ3) is 2.75. The Morgan fingerprint density at radius 3 is 2.19 bits per heavy atom. The molecule has 4 aliphatic carbocycles. The zero-order chi connectivity index (χ0) is 19.7. The lowest BCUT2D eigenvalue weighted by molar-refractivity contribution is -0.214. The monoisotopic (exact) mass is 384 g/mol. The molecule has 0 heterocycles. The van der Waals surface area contributed by atoms with Crippen LogP contribution in [0, 0.1) is 45.8 Å². The maximum absolute atomic E-state index is 13.4. The van der Waals surface area contributed by atoms with Crippen molar-refractivity contribution >= 4 is 0 Å². The van der Waals surface area contributed by atoms with Gasteiger partial charge in [-0.25, -0.2) is 0 Å². The smallest absolute Gasteiger partial charge is 0.171 e. The lowest BCUT2D eigenvalue weighted by Crippen LogP contribution is -2.57. The van der Waals surface area contributed by atoms with Crippen LogP contribution in [0.4, 0.5) is 13.2 Å². The lowest BCUT2D eigenvalue weighted by Gasteiger charge is -2.65. The number of hydrogen-bond donors (Lipinski definition) is 0. The van der Waals surface area contributed by atoms with E-state index in [4.69, 9.17) is 0 Å². The summed E-state index contributed by atoms with van der Waals surface area (Å²) in [5.41, 5.74) is 1.01. The highest BCUT2D eigenvalue weighted by atomic mass is 19.4. The Bertz CT molecular complexity index is 568. The first-order chi connectivity index (χ1) is 12.6. The fourth-order valence-corrected chi connectivity index (χ4v) is 8.90. The van der Waals surface area contributed by atoms with Gasteiger partial charge in [-0.3, -0.25) is 0 Å². The molecule has 3 heteroatoms. The molecule has 0 bridgehead atoms. The second-order valence-corrected chi connectivity index (χ2v) is 11.4. The maximum atomic E-state index is 13.4. The van der Waals surface area contributed by atoms with Gasteiger partial charge in [-0.15, -0.1) is 0 Å². The number of hydrogen-bond acceptors (Lipinski definition) is 0. The summed E-state index contributed by atoms with van der Waals surface area (Å²) in [6.45, 7) is 9.84. The standard InChI is InChI=1S/C24H39F3/c1-5-6-16-10-13-23(4)20-8-7-17-15-18(24(25,26)27)9-12-21(17,2)19(20)11-14-22(16,23)3/h16-20H,5-15H2,1-4H3. The van der Waals surface area contributed by atoms with E-state index in [0.29, 0.717) is 35.5 Å². The zero-order valence-corrected chi connectivity index (χ0v) is 17.8. The molecule has 0 aromatic carbocycles. The van der Waals surface area contributed by atoms with Crippen LogP contribution in [0.15, 0.2) is 0 Å². The zero-order valence-electron chi connectivity index (χ0n) is 17.8. The average molecular weight is 385 g/mol. The largest absolute Gasteiger partial charge is 0.391 e. The van der Waals surface area contributed by atoms with Crippen LogP contribution in [-0.2, 0) is 0 Å². The molecule has 4 fully saturated rings. The minimum absolute atomic E-state index is 0.151. The van der Waals surface area contributed by atoms with E-state index in [1.54, 1.807) is 0 Å². The summed E-state index contributed by atoms with van der Waals surface area (Å²) in [6.07, 6.45) is 7.72. The first-order valence-corrected chi connectivity index (χ1v) is 11.6. The van der Waals surface area contributed by atoms with E-state index in [-0.39, 0.29) is 5.41 Å². The van der Waals surface area contributed by atoms with Crippen molar-refractivity contribution in [2.45, 2.75) is 105 Å². The lowest BCUT2D eigenvalue weighted by atomic mass is 9.40. The van der Waals surface area contributed by atoms with Crippen LogP contribution < -0.4 is 0 Å². The van der Waals surface area contributed by atoms with Crippen molar-refractivity contribution in [3.8, 4) is 0 Å². The topological polar surface area (TPSA) is 0 Å². The highest BCUT2D eigenvalue weighted by Gasteiger charge is 2.65. The number of halogens is 3. The van der Waals surface area contributed by atoms with Crippen molar-refractivity contribution in [2.75, 3.05) is 0 Å². The number of rotatable bonds is 2. The van der Waals surface area contributed by atoms with Gasteiger partial charge in [0.05, 0.1) is 5.92 Å². The van der Waals surface area contributed by atoms with Gasteiger partial charge in [0.2, 0.25) is 0 Å². The molecular weight excluding hydrogens is 345 g/mol. The van der Waals surface area contributed by atoms with Gasteiger partial charge >= 0.3 is 6.18 Å². The first kappa shape index (κ1) is 20.1. The Hall–Kier alpha value is -0.210. The van der Waals surface area contributed by atoms with Crippen LogP contribution >= 0.6 is 0 Å². The Kier molecular flexibility index (Phi) is 4.75. The molecule has 8 atom stereocenters. The molecule has 0 nitrogen and oxygen atoms in total. The fraction of sp³-hybridized carbons (Fsp3) is 1.00. The third-order valence-corrected chi connectivity index (χ3v) is 10.8. The minimum atomic E-state index is -3.99. The predicted octanol–water partition coefficient (Wildman–Crippen LogP) is 8.01. The van der Waals surface area contributed by atoms with Crippen LogP contribution in [-0.4, -0.2) is 6.18 Å². The van der Waals surface area contributed by atoms with Gasteiger partial charge in [0.15, 0.2) is 0 Å². The van der Waals surface area contributed by atoms with Gasteiger partial charge in [-0.1, -0.05) is 40.5 Å². The molecule has 0 N–H and O–H groups in total. The maximum Gasteiger partial charge on any atom is 0.391 e. The van der Waals surface area contributed by atoms with E-state index in [9.17, 15) is 13.2 Å². The summed E-state index contributed by atoms with van der Waals surface area (Å²) in [4.78, 5) is 0. The normalized spacial score (nSPS) is 52.8. The highest BCUT2D eigenvalue weighted by molar-refractivity contribution is 5.14. The quantitative estimate of drug-likeness (QED) is 0.452. The Labute approximate surface area is 164 Å². The molecule has 0 radical (unpaired) electrons. The van der Waals surface area contributed by atoms with Gasteiger partial charge in [0, 0.05) is 0 Å². The van der Waals surface area contributed by atoms with Crippen molar-refractivity contribution in [3.63, 3.8) is 0 Å². The Morgan fingerprint density at radius 1 is 0.815 bits per heavy atom. The van der Waals surface area contributed by atoms with Crippen molar-refractivity contribution in [2.24, 2.45) is 45.8 Å². The third-order valence-electron chi connectivity index (χ3n) is 10.8. The summed E-state index contributed by atoms with van der Waals surface area (Å²) >= 11 is 0. The van der Waals surface area contributed by atoms with Crippen LogP contribution in [0.2, 0.25) is 0 Å². The van der Waals surface area contributed by atoms with Crippen LogP contribution in [0.5, 0.6) is 0 Å². The van der Waals surface area contributed by atoms with Crippen molar-refractivity contribution < 1.29 is 13.2 Å². The van der Waals surface area contributed by atoms with E-state index in [1.165, 1.54) is 44.9 Å². The summed E-state index contributed by atoms with van der Waals surface area (Å²) in [6, 6.07) is 0. The molecule has 27 heavy (non-hydrogen) atoms. The van der Waals surface area contributed by atoms with Gasteiger partial charge < -0.3 is 0 Å². The van der Waals surface area contributed by atoms with E-state index in [1.807, 2.05) is 0 Å². The summed E-state index contributed by atoms with van der Waals surface area (Å²) < 4.78 is 40.1. The van der Waals surface area contributed by atoms with Gasteiger partial charge in [0.1, 0.15) is 0 Å². The van der Waals surface area contributed by atoms with E-state index in [2.05, 4.69) is 27.7 Å². The molecule has 0 saturated heterocycles. The SMILES string of the molecule is CCCC1CCC2(C)C3CCC4CC(C(F)(F)F)CCC4(C)C3CCC12C. The molecule has 4 rings (SSSR count). The Morgan fingerprint density at radius 2 is 1.52 bits per heavy atom. The fourth-order valence-electron chi connectivity index (χ4n) is 8.90. The molecule has 0 amide bonds. The molecule has 156 valence electrons. The summed E-state index contributed by atoms with van der Waals surface area (Å²) in [7, 11) is 0. The van der Waals surface area contributed by atoms with Crippen molar-refractivity contribution in [1.82, 2.24) is 0 Å². The van der Waals surface area contributed by atoms with Gasteiger partial charge in [-0.05, 0) is 97.7 Å². The number of alkyl halides is 3. The average Bonchev–Trinajstić information content (AvgIpc) is 2.85. The van der Waals surface area contributed by atoms with E-state index < -0.39 is 12.1 Å². The molecule has 0 spiro atoms. The molecular formula is C24H39F3. The molecule has 4 saturated carbocycles. The summed E-state index contributed by atoms with van der Waals surface area (Å²) in [5, 5.41) is 0. The highest BCUT2D eigenvalue weighted by Crippen LogP contribution is 2.73. The molecule has 0 aromatic heterocycles. The predicted molar refractivity (Wildman–Crippen MR) is 104 cm³/mol. The van der Waals surface area contributed by atoms with Crippen LogP contribution in [0.25, 0.3) is 0 Å². The Balaban J connectivity index is 1.59.